The van der Waals surface area contributed by atoms with Crippen LogP contribution in [0.2, 0.25) is 0 Å². The lowest BCUT2D eigenvalue weighted by Gasteiger charge is -2.30. The van der Waals surface area contributed by atoms with Gasteiger partial charge >= 0.3 is 0 Å². The first kappa shape index (κ1) is 13.0. The molecule has 18 heavy (non-hydrogen) atoms. The van der Waals surface area contributed by atoms with Gasteiger partial charge in [-0.1, -0.05) is 20.8 Å². The molecule has 0 aliphatic carbocycles. The van der Waals surface area contributed by atoms with Gasteiger partial charge in [0.25, 0.3) is 0 Å². The third kappa shape index (κ3) is 2.70. The average molecular weight is 247 g/mol. The molecule has 98 valence electrons. The Kier molecular flexibility index (Phi) is 3.39. The smallest absolute Gasteiger partial charge is 0.228 e. The fourth-order valence-electron chi connectivity index (χ4n) is 2.12. The van der Waals surface area contributed by atoms with Crippen LogP contribution in [0.25, 0.3) is 0 Å². The molecule has 1 fully saturated rings. The molecule has 0 saturated carbocycles. The van der Waals surface area contributed by atoms with Crippen LogP contribution in [0.3, 0.4) is 0 Å². The highest BCUT2D eigenvalue weighted by atomic mass is 16.2. The van der Waals surface area contributed by atoms with Gasteiger partial charge in [0.1, 0.15) is 0 Å². The number of hydrogen-bond acceptors (Lipinski definition) is 3. The summed E-state index contributed by atoms with van der Waals surface area (Å²) < 4.78 is 0. The lowest BCUT2D eigenvalue weighted by Crippen LogP contribution is -2.44. The Hall–Kier alpha value is -1.42. The summed E-state index contributed by atoms with van der Waals surface area (Å²) in [5.74, 6) is 0.0964. The summed E-state index contributed by atoms with van der Waals surface area (Å²) in [4.78, 5) is 18.1. The van der Waals surface area contributed by atoms with Gasteiger partial charge in [-0.3, -0.25) is 9.78 Å². The molecule has 0 aromatic carbocycles. The Bertz CT molecular complexity index is 433. The Balaban J connectivity index is 2.17. The number of aromatic nitrogens is 1. The molecule has 1 saturated heterocycles. The normalized spacial score (nSPS) is 21.2. The summed E-state index contributed by atoms with van der Waals surface area (Å²) in [5, 5.41) is 0. The van der Waals surface area contributed by atoms with E-state index in [9.17, 15) is 4.79 Å². The molecular formula is C14H21N3O. The van der Waals surface area contributed by atoms with Crippen molar-refractivity contribution in [3.63, 3.8) is 0 Å². The van der Waals surface area contributed by atoms with Gasteiger partial charge in [-0.2, -0.15) is 0 Å². The molecule has 1 aliphatic rings. The molecule has 0 radical (unpaired) electrons. The van der Waals surface area contributed by atoms with E-state index >= 15 is 0 Å². The average Bonchev–Trinajstić information content (AvgIpc) is 2.28. The van der Waals surface area contributed by atoms with E-state index in [1.54, 1.807) is 11.1 Å². The zero-order valence-electron chi connectivity index (χ0n) is 11.3. The molecule has 1 aromatic rings. The summed E-state index contributed by atoms with van der Waals surface area (Å²) in [6.07, 6.45) is 3.07. The van der Waals surface area contributed by atoms with E-state index in [4.69, 9.17) is 5.73 Å². The molecule has 2 rings (SSSR count). The van der Waals surface area contributed by atoms with Crippen LogP contribution >= 0.6 is 0 Å². The number of nitrogens with two attached hydrogens (primary N) is 1. The molecule has 1 unspecified atom stereocenters. The zero-order valence-corrected chi connectivity index (χ0v) is 11.3. The quantitative estimate of drug-likeness (QED) is 0.823. The largest absolute Gasteiger partial charge is 0.327 e. The first-order valence-electron chi connectivity index (χ1n) is 6.40. The minimum atomic E-state index is 0.00978. The van der Waals surface area contributed by atoms with Crippen LogP contribution in [0, 0.1) is 0 Å². The number of pyridine rings is 1. The molecule has 4 nitrogen and oxygen atoms in total. The number of rotatable bonds is 1. The second-order valence-electron chi connectivity index (χ2n) is 5.95. The molecule has 0 bridgehead atoms. The van der Waals surface area contributed by atoms with E-state index < -0.39 is 0 Å². The SMILES string of the molecule is CC(C)(C)c1ccc(N2CCC(N)CC2=O)cn1. The van der Waals surface area contributed by atoms with Crippen LogP contribution in [0.4, 0.5) is 5.69 Å². The number of hydrogen-bond donors (Lipinski definition) is 1. The van der Waals surface area contributed by atoms with Crippen molar-refractivity contribution in [2.24, 2.45) is 5.73 Å². The maximum Gasteiger partial charge on any atom is 0.228 e. The van der Waals surface area contributed by atoms with Crippen LogP contribution in [-0.2, 0) is 10.2 Å². The number of nitrogens with zero attached hydrogens (tertiary/aromatic N) is 2. The van der Waals surface area contributed by atoms with Gasteiger partial charge in [0.15, 0.2) is 0 Å². The Labute approximate surface area is 108 Å². The summed E-state index contributed by atoms with van der Waals surface area (Å²) in [6.45, 7) is 7.07. The molecule has 0 spiro atoms. The summed E-state index contributed by atoms with van der Waals surface area (Å²) in [7, 11) is 0. The fourth-order valence-corrected chi connectivity index (χ4v) is 2.12. The summed E-state index contributed by atoms with van der Waals surface area (Å²) in [6, 6.07) is 3.98. The predicted octanol–water partition coefficient (Wildman–Crippen LogP) is 1.83. The predicted molar refractivity (Wildman–Crippen MR) is 72.5 cm³/mol. The van der Waals surface area contributed by atoms with Crippen molar-refractivity contribution in [2.45, 2.75) is 45.1 Å². The van der Waals surface area contributed by atoms with Crippen molar-refractivity contribution in [1.82, 2.24) is 4.98 Å². The highest BCUT2D eigenvalue weighted by Crippen LogP contribution is 2.24. The molecule has 2 N–H and O–H groups in total. The molecule has 2 heterocycles. The first-order valence-corrected chi connectivity index (χ1v) is 6.40. The van der Waals surface area contributed by atoms with Crippen molar-refractivity contribution >= 4 is 11.6 Å². The van der Waals surface area contributed by atoms with E-state index in [1.165, 1.54) is 0 Å². The fraction of sp³-hybridized carbons (Fsp3) is 0.571. The zero-order chi connectivity index (χ0) is 13.3. The number of carbonyl (C=O) groups excluding carboxylic acids is 1. The molecule has 4 heteroatoms. The second kappa shape index (κ2) is 4.69. The maximum absolute atomic E-state index is 11.9. The molecular weight excluding hydrogens is 226 g/mol. The van der Waals surface area contributed by atoms with E-state index in [0.29, 0.717) is 13.0 Å². The van der Waals surface area contributed by atoms with Crippen molar-refractivity contribution < 1.29 is 4.79 Å². The van der Waals surface area contributed by atoms with Gasteiger partial charge in [-0.15, -0.1) is 0 Å². The molecule has 1 atom stereocenters. The van der Waals surface area contributed by atoms with Crippen LogP contribution in [-0.4, -0.2) is 23.5 Å². The van der Waals surface area contributed by atoms with Crippen molar-refractivity contribution in [1.29, 1.82) is 0 Å². The highest BCUT2D eigenvalue weighted by Gasteiger charge is 2.25. The number of anilines is 1. The van der Waals surface area contributed by atoms with Crippen LogP contribution in [0.5, 0.6) is 0 Å². The minimum absolute atomic E-state index is 0.00978. The van der Waals surface area contributed by atoms with E-state index in [1.807, 2.05) is 12.1 Å². The standard InChI is InChI=1S/C14H21N3O/c1-14(2,3)12-5-4-11(9-16-12)17-7-6-10(15)8-13(17)18/h4-5,9-10H,6-8,15H2,1-3H3. The summed E-state index contributed by atoms with van der Waals surface area (Å²) in [5.41, 5.74) is 7.73. The van der Waals surface area contributed by atoms with E-state index in [0.717, 1.165) is 17.8 Å². The summed E-state index contributed by atoms with van der Waals surface area (Å²) >= 11 is 0. The van der Waals surface area contributed by atoms with Gasteiger partial charge in [0.2, 0.25) is 5.91 Å². The third-order valence-corrected chi connectivity index (χ3v) is 3.29. The van der Waals surface area contributed by atoms with Crippen molar-refractivity contribution in [2.75, 3.05) is 11.4 Å². The van der Waals surface area contributed by atoms with Gasteiger partial charge in [-0.05, 0) is 18.6 Å². The maximum atomic E-state index is 11.9. The third-order valence-electron chi connectivity index (χ3n) is 3.29. The lowest BCUT2D eigenvalue weighted by atomic mass is 9.91. The molecule has 1 amide bonds. The number of amides is 1. The Morgan fingerprint density at radius 1 is 1.39 bits per heavy atom. The van der Waals surface area contributed by atoms with Gasteiger partial charge in [-0.25, -0.2) is 0 Å². The Morgan fingerprint density at radius 3 is 2.61 bits per heavy atom. The van der Waals surface area contributed by atoms with Crippen LogP contribution in [0.1, 0.15) is 39.3 Å². The van der Waals surface area contributed by atoms with Gasteiger partial charge < -0.3 is 10.6 Å². The van der Waals surface area contributed by atoms with Gasteiger partial charge in [0, 0.05) is 30.1 Å². The monoisotopic (exact) mass is 247 g/mol. The lowest BCUT2D eigenvalue weighted by molar-refractivity contribution is -0.119. The topological polar surface area (TPSA) is 59.2 Å². The Morgan fingerprint density at radius 2 is 2.11 bits per heavy atom. The van der Waals surface area contributed by atoms with E-state index in [2.05, 4.69) is 25.8 Å². The van der Waals surface area contributed by atoms with Crippen LogP contribution < -0.4 is 10.6 Å². The van der Waals surface area contributed by atoms with Gasteiger partial charge in [0.05, 0.1) is 11.9 Å². The van der Waals surface area contributed by atoms with Crippen LogP contribution in [0.15, 0.2) is 18.3 Å². The second-order valence-corrected chi connectivity index (χ2v) is 5.95. The first-order chi connectivity index (χ1) is 8.38. The molecule has 1 aromatic heterocycles. The number of piperidine rings is 1. The van der Waals surface area contributed by atoms with E-state index in [-0.39, 0.29) is 17.4 Å². The number of carbonyl (C=O) groups is 1. The van der Waals surface area contributed by atoms with Crippen molar-refractivity contribution in [3.8, 4) is 0 Å². The highest BCUT2D eigenvalue weighted by molar-refractivity contribution is 5.94. The minimum Gasteiger partial charge on any atom is -0.327 e. The molecule has 1 aliphatic heterocycles. The van der Waals surface area contributed by atoms with Crippen molar-refractivity contribution in [3.05, 3.63) is 24.0 Å².